The quantitative estimate of drug-likeness (QED) is 0.541. The topological polar surface area (TPSA) is 98.0 Å². The lowest BCUT2D eigenvalue weighted by Crippen LogP contribution is -2.29. The summed E-state index contributed by atoms with van der Waals surface area (Å²) < 4.78 is 5.31. The molecule has 7 nitrogen and oxygen atoms in total. The van der Waals surface area contributed by atoms with E-state index in [2.05, 4.69) is 32.6 Å². The van der Waals surface area contributed by atoms with E-state index in [-0.39, 0.29) is 6.01 Å². The zero-order chi connectivity index (χ0) is 14.4. The van der Waals surface area contributed by atoms with Gasteiger partial charge >= 0.3 is 6.01 Å². The van der Waals surface area contributed by atoms with Crippen LogP contribution in [0.3, 0.4) is 0 Å². The Morgan fingerprint density at radius 2 is 1.85 bits per heavy atom. The lowest BCUT2D eigenvalue weighted by molar-refractivity contribution is 0.233. The summed E-state index contributed by atoms with van der Waals surface area (Å²) in [7, 11) is 0. The first kappa shape index (κ1) is 14.8. The smallest absolute Gasteiger partial charge is 0.323 e. The third kappa shape index (κ3) is 3.93. The van der Waals surface area contributed by atoms with Crippen LogP contribution in [0.2, 0.25) is 0 Å². The van der Waals surface area contributed by atoms with Crippen LogP contribution in [0.15, 0.2) is 0 Å². The van der Waals surface area contributed by atoms with Gasteiger partial charge < -0.3 is 10.1 Å². The van der Waals surface area contributed by atoms with Crippen LogP contribution in [0.1, 0.15) is 46.0 Å². The van der Waals surface area contributed by atoms with E-state index in [4.69, 9.17) is 10.6 Å². The minimum atomic E-state index is 0.284. The number of hydrazine groups is 1. The third-order valence-electron chi connectivity index (χ3n) is 3.75. The predicted octanol–water partition coefficient (Wildman–Crippen LogP) is 1.94. The molecule has 1 aromatic rings. The fourth-order valence-corrected chi connectivity index (χ4v) is 2.57. The number of aromatic nitrogens is 3. The van der Waals surface area contributed by atoms with Gasteiger partial charge in [-0.3, -0.25) is 5.43 Å². The maximum atomic E-state index is 5.36. The Balaban J connectivity index is 2.02. The molecule has 1 aliphatic rings. The largest absolute Gasteiger partial charge is 0.464 e. The molecule has 0 atom stereocenters. The van der Waals surface area contributed by atoms with E-state index in [1.165, 1.54) is 32.1 Å². The Hall–Kier alpha value is -1.63. The molecule has 1 aromatic heterocycles. The molecule has 0 radical (unpaired) electrons. The van der Waals surface area contributed by atoms with Crippen molar-refractivity contribution in [3.63, 3.8) is 0 Å². The van der Waals surface area contributed by atoms with Crippen molar-refractivity contribution in [1.29, 1.82) is 0 Å². The molecule has 0 aliphatic heterocycles. The van der Waals surface area contributed by atoms with Crippen LogP contribution in [-0.2, 0) is 0 Å². The molecule has 0 amide bonds. The molecule has 112 valence electrons. The summed E-state index contributed by atoms with van der Waals surface area (Å²) in [5.41, 5.74) is 2.74. The van der Waals surface area contributed by atoms with Crippen molar-refractivity contribution in [2.24, 2.45) is 11.3 Å². The van der Waals surface area contributed by atoms with Crippen LogP contribution >= 0.6 is 0 Å². The fourth-order valence-electron chi connectivity index (χ4n) is 2.57. The number of nitrogens with zero attached hydrogens (tertiary/aromatic N) is 3. The molecule has 2 rings (SSSR count). The molecule has 0 saturated heterocycles. The van der Waals surface area contributed by atoms with E-state index in [0.29, 0.717) is 23.9 Å². The highest BCUT2D eigenvalue weighted by Crippen LogP contribution is 2.35. The lowest BCUT2D eigenvalue weighted by atomic mass is 9.76. The summed E-state index contributed by atoms with van der Waals surface area (Å²) in [6.07, 6.45) is 6.43. The average molecular weight is 280 g/mol. The summed E-state index contributed by atoms with van der Waals surface area (Å²) >= 11 is 0. The number of hydrogen-bond acceptors (Lipinski definition) is 7. The lowest BCUT2D eigenvalue weighted by Gasteiger charge is -2.33. The van der Waals surface area contributed by atoms with Gasteiger partial charge in [0.15, 0.2) is 0 Å². The Morgan fingerprint density at radius 3 is 2.50 bits per heavy atom. The molecule has 0 aromatic carbocycles. The molecule has 4 N–H and O–H groups in total. The number of hydrogen-bond donors (Lipinski definition) is 3. The first-order valence-electron chi connectivity index (χ1n) is 7.24. The number of ether oxygens (including phenoxy) is 1. The summed E-state index contributed by atoms with van der Waals surface area (Å²) in [6, 6.07) is 0.284. The molecule has 1 heterocycles. The van der Waals surface area contributed by atoms with Crippen molar-refractivity contribution in [2.75, 3.05) is 23.9 Å². The summed E-state index contributed by atoms with van der Waals surface area (Å²) in [6.45, 7) is 5.55. The Morgan fingerprint density at radius 1 is 1.15 bits per heavy atom. The zero-order valence-electron chi connectivity index (χ0n) is 12.3. The van der Waals surface area contributed by atoms with Gasteiger partial charge in [0.25, 0.3) is 0 Å². The second-order valence-corrected chi connectivity index (χ2v) is 5.57. The SMILES string of the molecule is CCOc1nc(NN)nc(NCC2(C)CCCCC2)n1. The second-order valence-electron chi connectivity index (χ2n) is 5.57. The van der Waals surface area contributed by atoms with Gasteiger partial charge in [-0.15, -0.1) is 0 Å². The zero-order valence-corrected chi connectivity index (χ0v) is 12.3. The van der Waals surface area contributed by atoms with Crippen molar-refractivity contribution < 1.29 is 4.74 Å². The van der Waals surface area contributed by atoms with Crippen LogP contribution in [0.4, 0.5) is 11.9 Å². The Labute approximate surface area is 119 Å². The molecular formula is C13H24N6O. The number of anilines is 2. The van der Waals surface area contributed by atoms with Crippen LogP contribution in [-0.4, -0.2) is 28.1 Å². The molecule has 0 bridgehead atoms. The van der Waals surface area contributed by atoms with Gasteiger partial charge in [0.05, 0.1) is 6.61 Å². The van der Waals surface area contributed by atoms with Gasteiger partial charge in [-0.1, -0.05) is 26.2 Å². The standard InChI is InChI=1S/C13H24N6O/c1-3-20-12-17-10(16-11(18-12)19-14)15-9-13(2)7-5-4-6-8-13/h3-9,14H2,1-2H3,(H2,15,16,17,18,19). The van der Waals surface area contributed by atoms with Crippen molar-refractivity contribution in [2.45, 2.75) is 46.0 Å². The van der Waals surface area contributed by atoms with E-state index >= 15 is 0 Å². The summed E-state index contributed by atoms with van der Waals surface area (Å²) in [5, 5.41) is 3.29. The number of nitrogen functional groups attached to an aromatic ring is 1. The molecular weight excluding hydrogens is 256 g/mol. The molecule has 7 heteroatoms. The van der Waals surface area contributed by atoms with Gasteiger partial charge in [-0.05, 0) is 25.2 Å². The van der Waals surface area contributed by atoms with E-state index in [9.17, 15) is 0 Å². The summed E-state index contributed by atoms with van der Waals surface area (Å²) in [4.78, 5) is 12.5. The van der Waals surface area contributed by atoms with Crippen LogP contribution in [0.5, 0.6) is 6.01 Å². The molecule has 1 saturated carbocycles. The predicted molar refractivity (Wildman–Crippen MR) is 78.5 cm³/mol. The van der Waals surface area contributed by atoms with Crippen molar-refractivity contribution in [3.05, 3.63) is 0 Å². The second kappa shape index (κ2) is 6.69. The maximum absolute atomic E-state index is 5.36. The van der Waals surface area contributed by atoms with Gasteiger partial charge in [-0.2, -0.15) is 15.0 Å². The van der Waals surface area contributed by atoms with E-state index in [0.717, 1.165) is 6.54 Å². The maximum Gasteiger partial charge on any atom is 0.323 e. The minimum absolute atomic E-state index is 0.284. The molecule has 1 aliphatic carbocycles. The summed E-state index contributed by atoms with van der Waals surface area (Å²) in [5.74, 6) is 6.17. The highest BCUT2D eigenvalue weighted by molar-refractivity contribution is 5.35. The van der Waals surface area contributed by atoms with Gasteiger partial charge in [-0.25, -0.2) is 5.84 Å². The first-order chi connectivity index (χ1) is 9.65. The van der Waals surface area contributed by atoms with Crippen molar-refractivity contribution in [1.82, 2.24) is 15.0 Å². The third-order valence-corrected chi connectivity index (χ3v) is 3.75. The fraction of sp³-hybridized carbons (Fsp3) is 0.769. The van der Waals surface area contributed by atoms with E-state index in [1.54, 1.807) is 0 Å². The number of nitrogens with two attached hydrogens (primary N) is 1. The van der Waals surface area contributed by atoms with E-state index < -0.39 is 0 Å². The normalized spacial score (nSPS) is 17.6. The molecule has 1 fully saturated rings. The minimum Gasteiger partial charge on any atom is -0.464 e. The first-order valence-corrected chi connectivity index (χ1v) is 7.24. The Kier molecular flexibility index (Phi) is 4.94. The van der Waals surface area contributed by atoms with Crippen molar-refractivity contribution >= 4 is 11.9 Å². The van der Waals surface area contributed by atoms with Gasteiger partial charge in [0, 0.05) is 6.54 Å². The van der Waals surface area contributed by atoms with E-state index in [1.807, 2.05) is 6.92 Å². The number of rotatable bonds is 6. The number of nitrogens with one attached hydrogen (secondary N) is 2. The monoisotopic (exact) mass is 280 g/mol. The van der Waals surface area contributed by atoms with Gasteiger partial charge in [0.1, 0.15) is 0 Å². The molecule has 0 unspecified atom stereocenters. The average Bonchev–Trinajstić information content (AvgIpc) is 2.46. The van der Waals surface area contributed by atoms with Gasteiger partial charge in [0.2, 0.25) is 11.9 Å². The van der Waals surface area contributed by atoms with Crippen LogP contribution in [0.25, 0.3) is 0 Å². The van der Waals surface area contributed by atoms with Crippen LogP contribution in [0, 0.1) is 5.41 Å². The molecule has 0 spiro atoms. The highest BCUT2D eigenvalue weighted by atomic mass is 16.5. The van der Waals surface area contributed by atoms with Crippen LogP contribution < -0.4 is 21.3 Å². The highest BCUT2D eigenvalue weighted by Gasteiger charge is 2.26. The Bertz CT molecular complexity index is 433. The molecule has 20 heavy (non-hydrogen) atoms. The van der Waals surface area contributed by atoms with Crippen molar-refractivity contribution in [3.8, 4) is 6.01 Å².